The third-order valence-corrected chi connectivity index (χ3v) is 7.06. The maximum atomic E-state index is 11.7. The van der Waals surface area contributed by atoms with Crippen LogP contribution in [0.3, 0.4) is 0 Å². The second kappa shape index (κ2) is 7.56. The lowest BCUT2D eigenvalue weighted by Gasteiger charge is -2.30. The van der Waals surface area contributed by atoms with E-state index < -0.39 is 16.1 Å². The van der Waals surface area contributed by atoms with Gasteiger partial charge in [0.15, 0.2) is 5.82 Å². The third-order valence-electron chi connectivity index (χ3n) is 6.04. The minimum Gasteiger partial charge on any atom is -0.336 e. The second-order valence-corrected chi connectivity index (χ2v) is 11.0. The van der Waals surface area contributed by atoms with Crippen LogP contribution in [0, 0.1) is 5.41 Å². The van der Waals surface area contributed by atoms with Crippen molar-refractivity contribution < 1.29 is 8.42 Å². The summed E-state index contributed by atoms with van der Waals surface area (Å²) in [5, 5.41) is 9.60. The summed E-state index contributed by atoms with van der Waals surface area (Å²) < 4.78 is 28.2. The standard InChI is InChI=1S/C20H28ClN5O2S/c1-14(24-29(3,27)28)18-22-23-19(26(18)11-9-20(2)7-8-20)25-10-6-15-4-5-17(21)12-16(15)13-25/h4-5,12,14,24H,6-11,13H2,1-3H3. The van der Waals surface area contributed by atoms with E-state index in [4.69, 9.17) is 11.6 Å². The highest BCUT2D eigenvalue weighted by Crippen LogP contribution is 2.48. The Labute approximate surface area is 177 Å². The van der Waals surface area contributed by atoms with Crippen LogP contribution in [-0.2, 0) is 29.5 Å². The SMILES string of the molecule is CC(NS(C)(=O)=O)c1nnc(N2CCc3ccc(Cl)cc3C2)n1CCC1(C)CC1. The molecule has 1 aromatic carbocycles. The van der Waals surface area contributed by atoms with Gasteiger partial charge in [-0.25, -0.2) is 13.1 Å². The summed E-state index contributed by atoms with van der Waals surface area (Å²) in [5.74, 6) is 1.46. The van der Waals surface area contributed by atoms with Crippen LogP contribution in [0.25, 0.3) is 0 Å². The van der Waals surface area contributed by atoms with Gasteiger partial charge in [0.05, 0.1) is 12.3 Å². The molecule has 1 saturated carbocycles. The maximum absolute atomic E-state index is 11.7. The van der Waals surface area contributed by atoms with Crippen molar-refractivity contribution in [3.63, 3.8) is 0 Å². The molecule has 1 fully saturated rings. The van der Waals surface area contributed by atoms with Gasteiger partial charge in [-0.15, -0.1) is 10.2 Å². The fraction of sp³-hybridized carbons (Fsp3) is 0.600. The van der Waals surface area contributed by atoms with Gasteiger partial charge in [-0.2, -0.15) is 0 Å². The minimum absolute atomic E-state index is 0.383. The Hall–Kier alpha value is -1.64. The van der Waals surface area contributed by atoms with E-state index in [0.717, 1.165) is 43.4 Å². The first kappa shape index (κ1) is 20.6. The Morgan fingerprint density at radius 3 is 2.72 bits per heavy atom. The molecule has 9 heteroatoms. The number of aromatic nitrogens is 3. The number of sulfonamides is 1. The van der Waals surface area contributed by atoms with Gasteiger partial charge < -0.3 is 4.90 Å². The molecule has 1 aliphatic carbocycles. The number of halogens is 1. The van der Waals surface area contributed by atoms with E-state index in [-0.39, 0.29) is 0 Å². The van der Waals surface area contributed by atoms with Crippen molar-refractivity contribution in [1.29, 1.82) is 0 Å². The molecule has 1 N–H and O–H groups in total. The summed E-state index contributed by atoms with van der Waals surface area (Å²) in [5.41, 5.74) is 2.90. The summed E-state index contributed by atoms with van der Waals surface area (Å²) in [7, 11) is -3.34. The molecule has 29 heavy (non-hydrogen) atoms. The summed E-state index contributed by atoms with van der Waals surface area (Å²) >= 11 is 6.20. The Bertz CT molecular complexity index is 1020. The summed E-state index contributed by atoms with van der Waals surface area (Å²) in [6.07, 6.45) is 5.61. The molecule has 2 aromatic rings. The molecule has 1 aromatic heterocycles. The van der Waals surface area contributed by atoms with Crippen molar-refractivity contribution >= 4 is 27.6 Å². The van der Waals surface area contributed by atoms with Crippen molar-refractivity contribution in [2.24, 2.45) is 5.41 Å². The quantitative estimate of drug-likeness (QED) is 0.718. The predicted octanol–water partition coefficient (Wildman–Crippen LogP) is 3.29. The van der Waals surface area contributed by atoms with E-state index in [1.54, 1.807) is 0 Å². The molecule has 0 bridgehead atoms. The van der Waals surface area contributed by atoms with Crippen LogP contribution in [0.5, 0.6) is 0 Å². The molecule has 0 radical (unpaired) electrons. The lowest BCUT2D eigenvalue weighted by Crippen LogP contribution is -2.33. The second-order valence-electron chi connectivity index (χ2n) is 8.77. The van der Waals surface area contributed by atoms with Crippen LogP contribution in [0.2, 0.25) is 5.02 Å². The van der Waals surface area contributed by atoms with Gasteiger partial charge in [0.25, 0.3) is 0 Å². The molecular formula is C20H28ClN5O2S. The van der Waals surface area contributed by atoms with Crippen molar-refractivity contribution in [3.05, 3.63) is 40.2 Å². The van der Waals surface area contributed by atoms with E-state index in [1.165, 1.54) is 30.2 Å². The number of benzene rings is 1. The number of fused-ring (bicyclic) bond motifs is 1. The number of rotatable bonds is 7. The fourth-order valence-corrected chi connectivity index (χ4v) is 4.93. The first-order valence-corrected chi connectivity index (χ1v) is 12.3. The molecule has 0 amide bonds. The summed E-state index contributed by atoms with van der Waals surface area (Å²) in [6, 6.07) is 5.61. The fourth-order valence-electron chi connectivity index (χ4n) is 3.99. The van der Waals surface area contributed by atoms with Gasteiger partial charge in [-0.1, -0.05) is 24.6 Å². The lowest BCUT2D eigenvalue weighted by molar-refractivity contribution is 0.446. The molecule has 2 heterocycles. The number of hydrogen-bond donors (Lipinski definition) is 1. The molecule has 0 spiro atoms. The van der Waals surface area contributed by atoms with Gasteiger partial charge in [-0.3, -0.25) is 4.57 Å². The van der Waals surface area contributed by atoms with E-state index in [2.05, 4.69) is 37.4 Å². The van der Waals surface area contributed by atoms with Gasteiger partial charge in [0.1, 0.15) is 0 Å². The Morgan fingerprint density at radius 1 is 1.28 bits per heavy atom. The van der Waals surface area contributed by atoms with Gasteiger partial charge in [-0.05, 0) is 61.3 Å². The maximum Gasteiger partial charge on any atom is 0.227 e. The smallest absolute Gasteiger partial charge is 0.227 e. The Morgan fingerprint density at radius 2 is 2.03 bits per heavy atom. The molecular weight excluding hydrogens is 410 g/mol. The van der Waals surface area contributed by atoms with E-state index in [9.17, 15) is 8.42 Å². The van der Waals surface area contributed by atoms with Crippen LogP contribution in [0.4, 0.5) is 5.95 Å². The van der Waals surface area contributed by atoms with E-state index in [0.29, 0.717) is 11.2 Å². The van der Waals surface area contributed by atoms with Crippen LogP contribution in [0.15, 0.2) is 18.2 Å². The summed E-state index contributed by atoms with van der Waals surface area (Å²) in [6.45, 7) is 6.46. The first-order valence-electron chi connectivity index (χ1n) is 10.1. The predicted molar refractivity (Wildman–Crippen MR) is 115 cm³/mol. The third kappa shape index (κ3) is 4.75. The monoisotopic (exact) mass is 437 g/mol. The van der Waals surface area contributed by atoms with Crippen LogP contribution >= 0.6 is 11.6 Å². The first-order chi connectivity index (χ1) is 13.6. The molecule has 0 saturated heterocycles. The molecule has 1 atom stereocenters. The van der Waals surface area contributed by atoms with E-state index in [1.807, 2.05) is 19.1 Å². The highest BCUT2D eigenvalue weighted by molar-refractivity contribution is 7.88. The molecule has 1 unspecified atom stereocenters. The minimum atomic E-state index is -3.34. The van der Waals surface area contributed by atoms with Crippen LogP contribution in [-0.4, -0.2) is 36.0 Å². The number of nitrogens with one attached hydrogen (secondary N) is 1. The molecule has 7 nitrogen and oxygen atoms in total. The zero-order valence-electron chi connectivity index (χ0n) is 17.2. The molecule has 1 aliphatic heterocycles. The van der Waals surface area contributed by atoms with Crippen LogP contribution in [0.1, 0.15) is 56.1 Å². The normalized spacial score (nSPS) is 19.1. The molecule has 4 rings (SSSR count). The van der Waals surface area contributed by atoms with Gasteiger partial charge in [0.2, 0.25) is 16.0 Å². The largest absolute Gasteiger partial charge is 0.336 e. The number of hydrogen-bond acceptors (Lipinski definition) is 5. The van der Waals surface area contributed by atoms with E-state index >= 15 is 0 Å². The van der Waals surface area contributed by atoms with Crippen molar-refractivity contribution in [3.8, 4) is 0 Å². The highest BCUT2D eigenvalue weighted by atomic mass is 35.5. The zero-order chi connectivity index (χ0) is 20.8. The average molecular weight is 438 g/mol. The molecule has 2 aliphatic rings. The highest BCUT2D eigenvalue weighted by Gasteiger charge is 2.37. The number of nitrogens with zero attached hydrogens (tertiary/aromatic N) is 4. The van der Waals surface area contributed by atoms with Gasteiger partial charge >= 0.3 is 0 Å². The average Bonchev–Trinajstić information content (AvgIpc) is 3.22. The van der Waals surface area contributed by atoms with Gasteiger partial charge in [0, 0.05) is 24.7 Å². The van der Waals surface area contributed by atoms with Crippen LogP contribution < -0.4 is 9.62 Å². The Kier molecular flexibility index (Phi) is 5.38. The number of anilines is 1. The zero-order valence-corrected chi connectivity index (χ0v) is 18.7. The lowest BCUT2D eigenvalue weighted by atomic mass is 10.0. The van der Waals surface area contributed by atoms with Crippen molar-refractivity contribution in [1.82, 2.24) is 19.5 Å². The van der Waals surface area contributed by atoms with Crippen molar-refractivity contribution in [2.75, 3.05) is 17.7 Å². The molecule has 158 valence electrons. The topological polar surface area (TPSA) is 80.1 Å². The summed E-state index contributed by atoms with van der Waals surface area (Å²) in [4.78, 5) is 2.22. The Balaban J connectivity index is 1.63. The van der Waals surface area contributed by atoms with Crippen molar-refractivity contribution in [2.45, 2.75) is 58.7 Å².